The fraction of sp³-hybridized carbons (Fsp3) is 0.333. The van der Waals surface area contributed by atoms with Crippen LogP contribution < -0.4 is 10.1 Å². The van der Waals surface area contributed by atoms with Crippen LogP contribution in [-0.4, -0.2) is 35.4 Å². The minimum Gasteiger partial charge on any atom is -0.484 e. The van der Waals surface area contributed by atoms with Crippen LogP contribution in [0.1, 0.15) is 43.9 Å². The second-order valence-corrected chi connectivity index (χ2v) is 9.85. The van der Waals surface area contributed by atoms with Gasteiger partial charge in [0, 0.05) is 34.6 Å². The van der Waals surface area contributed by atoms with Crippen molar-refractivity contribution in [3.63, 3.8) is 0 Å². The first kappa shape index (κ1) is 28.5. The molecule has 0 bridgehead atoms. The monoisotopic (exact) mass is 540 g/mol. The van der Waals surface area contributed by atoms with Gasteiger partial charge in [0.25, 0.3) is 5.91 Å². The Morgan fingerprint density at radius 3 is 2.14 bits per heavy atom. The van der Waals surface area contributed by atoms with Crippen molar-refractivity contribution >= 4 is 35.0 Å². The smallest absolute Gasteiger partial charge is 0.261 e. The first-order valence-corrected chi connectivity index (χ1v) is 13.4. The molecule has 0 heterocycles. The van der Waals surface area contributed by atoms with Gasteiger partial charge in [-0.1, -0.05) is 85.6 Å². The average molecular weight is 542 g/mol. The van der Waals surface area contributed by atoms with Gasteiger partial charge in [-0.25, -0.2) is 0 Å². The summed E-state index contributed by atoms with van der Waals surface area (Å²) in [5, 5.41) is 3.91. The van der Waals surface area contributed by atoms with E-state index in [9.17, 15) is 9.59 Å². The Bertz CT molecular complexity index is 1150. The molecule has 0 aliphatic rings. The van der Waals surface area contributed by atoms with Gasteiger partial charge in [0.1, 0.15) is 11.8 Å². The molecule has 0 saturated carbocycles. The molecule has 0 aliphatic carbocycles. The maximum atomic E-state index is 13.7. The Labute approximate surface area is 229 Å². The van der Waals surface area contributed by atoms with Gasteiger partial charge in [-0.2, -0.15) is 0 Å². The lowest BCUT2D eigenvalue weighted by molar-refractivity contribution is -0.143. The summed E-state index contributed by atoms with van der Waals surface area (Å²) in [6.45, 7) is 5.86. The van der Waals surface area contributed by atoms with Gasteiger partial charge < -0.3 is 15.0 Å². The summed E-state index contributed by atoms with van der Waals surface area (Å²) in [5.41, 5.74) is 2.70. The number of nitrogens with zero attached hydrogens (tertiary/aromatic N) is 1. The van der Waals surface area contributed by atoms with Crippen LogP contribution >= 0.6 is 23.2 Å². The summed E-state index contributed by atoms with van der Waals surface area (Å²) < 4.78 is 5.84. The van der Waals surface area contributed by atoms with E-state index < -0.39 is 6.04 Å². The molecule has 0 saturated heterocycles. The van der Waals surface area contributed by atoms with E-state index in [2.05, 4.69) is 12.2 Å². The summed E-state index contributed by atoms with van der Waals surface area (Å²) in [7, 11) is 0. The van der Waals surface area contributed by atoms with Gasteiger partial charge in [-0.05, 0) is 55.2 Å². The van der Waals surface area contributed by atoms with Crippen LogP contribution in [0.15, 0.2) is 72.8 Å². The van der Waals surface area contributed by atoms with Crippen LogP contribution in [0.2, 0.25) is 10.0 Å². The van der Waals surface area contributed by atoms with E-state index in [0.717, 1.165) is 18.4 Å². The van der Waals surface area contributed by atoms with Gasteiger partial charge >= 0.3 is 0 Å². The number of aryl methyl sites for hydroxylation is 1. The maximum absolute atomic E-state index is 13.7. The van der Waals surface area contributed by atoms with E-state index in [4.69, 9.17) is 27.9 Å². The van der Waals surface area contributed by atoms with Crippen LogP contribution in [0.3, 0.4) is 0 Å². The number of halogens is 2. The second kappa shape index (κ2) is 14.1. The zero-order chi connectivity index (χ0) is 26.8. The zero-order valence-corrected chi connectivity index (χ0v) is 23.1. The molecule has 0 spiro atoms. The van der Waals surface area contributed by atoms with Gasteiger partial charge in [0.05, 0.1) is 0 Å². The van der Waals surface area contributed by atoms with E-state index in [1.54, 1.807) is 18.2 Å². The molecule has 3 aromatic rings. The van der Waals surface area contributed by atoms with Crippen molar-refractivity contribution in [3.05, 3.63) is 99.5 Å². The summed E-state index contributed by atoms with van der Waals surface area (Å²) in [5.74, 6) is 0.0164. The SMILES string of the molecule is CCc1ccc(OCC(=O)N(Cc2c(Cl)cccc2Cl)[C@@H](Cc2ccccc2)C(=O)N[C@H](C)CC)cc1. The topological polar surface area (TPSA) is 58.6 Å². The lowest BCUT2D eigenvalue weighted by Crippen LogP contribution is -2.53. The van der Waals surface area contributed by atoms with Gasteiger partial charge in [0.15, 0.2) is 6.61 Å². The molecule has 5 nitrogen and oxygen atoms in total. The van der Waals surface area contributed by atoms with E-state index in [-0.39, 0.29) is 31.0 Å². The van der Waals surface area contributed by atoms with Crippen LogP contribution in [-0.2, 0) is 29.0 Å². The molecule has 2 amide bonds. The third-order valence-electron chi connectivity index (χ3n) is 6.36. The molecule has 0 aromatic heterocycles. The fourth-order valence-electron chi connectivity index (χ4n) is 3.90. The van der Waals surface area contributed by atoms with Crippen LogP contribution in [0.4, 0.5) is 0 Å². The predicted octanol–water partition coefficient (Wildman–Crippen LogP) is 6.49. The molecule has 37 heavy (non-hydrogen) atoms. The molecule has 7 heteroatoms. The molecule has 2 atom stereocenters. The number of amides is 2. The third-order valence-corrected chi connectivity index (χ3v) is 7.06. The highest BCUT2D eigenvalue weighted by molar-refractivity contribution is 6.36. The van der Waals surface area contributed by atoms with Crippen molar-refractivity contribution in [2.45, 2.75) is 58.7 Å². The second-order valence-electron chi connectivity index (χ2n) is 9.03. The van der Waals surface area contributed by atoms with E-state index in [1.165, 1.54) is 10.5 Å². The highest BCUT2D eigenvalue weighted by Crippen LogP contribution is 2.27. The fourth-order valence-corrected chi connectivity index (χ4v) is 4.42. The van der Waals surface area contributed by atoms with Crippen molar-refractivity contribution in [2.24, 2.45) is 0 Å². The Morgan fingerprint density at radius 2 is 1.54 bits per heavy atom. The summed E-state index contributed by atoms with van der Waals surface area (Å²) in [6, 6.07) is 21.6. The molecular weight excluding hydrogens is 507 g/mol. The number of rotatable bonds is 12. The van der Waals surface area contributed by atoms with Crippen molar-refractivity contribution < 1.29 is 14.3 Å². The highest BCUT2D eigenvalue weighted by atomic mass is 35.5. The van der Waals surface area contributed by atoms with E-state index in [1.807, 2.05) is 68.4 Å². The molecule has 0 unspecified atom stereocenters. The summed E-state index contributed by atoms with van der Waals surface area (Å²) >= 11 is 13.0. The number of benzene rings is 3. The standard InChI is InChI=1S/C30H34Cl2N2O3/c1-4-21(3)33-30(36)28(18-23-10-7-6-8-11-23)34(19-25-26(31)12-9-13-27(25)32)29(35)20-37-24-16-14-22(5-2)15-17-24/h6-17,21,28H,4-5,18-20H2,1-3H3,(H,33,36)/t21-,28+/m1/s1. The molecule has 196 valence electrons. The van der Waals surface area contributed by atoms with E-state index in [0.29, 0.717) is 27.8 Å². The zero-order valence-electron chi connectivity index (χ0n) is 21.5. The van der Waals surface area contributed by atoms with Crippen molar-refractivity contribution in [1.82, 2.24) is 10.2 Å². The first-order chi connectivity index (χ1) is 17.8. The summed E-state index contributed by atoms with van der Waals surface area (Å²) in [4.78, 5) is 28.8. The van der Waals surface area contributed by atoms with Gasteiger partial charge in [0.2, 0.25) is 5.91 Å². The first-order valence-electron chi connectivity index (χ1n) is 12.6. The van der Waals surface area contributed by atoms with Gasteiger partial charge in [-0.3, -0.25) is 9.59 Å². The molecule has 1 N–H and O–H groups in total. The molecule has 3 aromatic carbocycles. The molecule has 0 radical (unpaired) electrons. The Morgan fingerprint density at radius 1 is 0.892 bits per heavy atom. The summed E-state index contributed by atoms with van der Waals surface area (Å²) in [6.07, 6.45) is 2.02. The Kier molecular flexibility index (Phi) is 10.8. The molecule has 0 aliphatic heterocycles. The Balaban J connectivity index is 1.94. The number of carbonyl (C=O) groups is 2. The molecular formula is C30H34Cl2N2O3. The predicted molar refractivity (Wildman–Crippen MR) is 150 cm³/mol. The van der Waals surface area contributed by atoms with Gasteiger partial charge in [-0.15, -0.1) is 0 Å². The average Bonchev–Trinajstić information content (AvgIpc) is 2.91. The molecule has 3 rings (SSSR count). The maximum Gasteiger partial charge on any atom is 0.261 e. The number of carbonyl (C=O) groups excluding carboxylic acids is 2. The van der Waals surface area contributed by atoms with Crippen molar-refractivity contribution in [2.75, 3.05) is 6.61 Å². The number of hydrogen-bond donors (Lipinski definition) is 1. The minimum absolute atomic E-state index is 0.0417. The Hall–Kier alpha value is -3.02. The lowest BCUT2D eigenvalue weighted by atomic mass is 10.0. The minimum atomic E-state index is -0.790. The third kappa shape index (κ3) is 8.24. The number of nitrogens with one attached hydrogen (secondary N) is 1. The normalized spacial score (nSPS) is 12.5. The largest absolute Gasteiger partial charge is 0.484 e. The van der Waals surface area contributed by atoms with Crippen molar-refractivity contribution in [3.8, 4) is 5.75 Å². The number of ether oxygens (including phenoxy) is 1. The van der Waals surface area contributed by atoms with Crippen LogP contribution in [0.5, 0.6) is 5.75 Å². The molecule has 0 fully saturated rings. The van der Waals surface area contributed by atoms with E-state index >= 15 is 0 Å². The highest BCUT2D eigenvalue weighted by Gasteiger charge is 2.32. The van der Waals surface area contributed by atoms with Crippen LogP contribution in [0.25, 0.3) is 0 Å². The van der Waals surface area contributed by atoms with Crippen LogP contribution in [0, 0.1) is 0 Å². The number of hydrogen-bond acceptors (Lipinski definition) is 3. The quantitative estimate of drug-likeness (QED) is 0.285. The van der Waals surface area contributed by atoms with Crippen molar-refractivity contribution in [1.29, 1.82) is 0 Å². The lowest BCUT2D eigenvalue weighted by Gasteiger charge is -2.32.